The van der Waals surface area contributed by atoms with Crippen LogP contribution in [0.5, 0.6) is 0 Å². The lowest BCUT2D eigenvalue weighted by molar-refractivity contribution is -0.154. The summed E-state index contributed by atoms with van der Waals surface area (Å²) in [6, 6.07) is 0. The average Bonchev–Trinajstić information content (AvgIpc) is 2.91. The van der Waals surface area contributed by atoms with Crippen molar-refractivity contribution in [1.82, 2.24) is 4.90 Å². The fourth-order valence-corrected chi connectivity index (χ4v) is 3.02. The van der Waals surface area contributed by atoms with Crippen molar-refractivity contribution in [3.8, 4) is 0 Å². The van der Waals surface area contributed by atoms with Crippen LogP contribution in [-0.2, 0) is 14.3 Å². The van der Waals surface area contributed by atoms with Crippen LogP contribution in [0.15, 0.2) is 0 Å². The second-order valence-corrected chi connectivity index (χ2v) is 5.75. The van der Waals surface area contributed by atoms with E-state index in [2.05, 4.69) is 0 Å². The zero-order valence-electron chi connectivity index (χ0n) is 11.6. The van der Waals surface area contributed by atoms with Crippen LogP contribution in [0, 0.1) is 11.3 Å². The van der Waals surface area contributed by atoms with Crippen molar-refractivity contribution >= 4 is 11.9 Å². The van der Waals surface area contributed by atoms with Crippen molar-refractivity contribution in [2.45, 2.75) is 39.0 Å². The van der Waals surface area contributed by atoms with Gasteiger partial charge in [-0.05, 0) is 31.6 Å². The number of hydrogen-bond donors (Lipinski definition) is 1. The van der Waals surface area contributed by atoms with Crippen LogP contribution in [0.25, 0.3) is 0 Å². The average molecular weight is 269 g/mol. The van der Waals surface area contributed by atoms with Crippen LogP contribution < -0.4 is 0 Å². The molecule has 2 heterocycles. The van der Waals surface area contributed by atoms with E-state index in [1.54, 1.807) is 0 Å². The summed E-state index contributed by atoms with van der Waals surface area (Å²) < 4.78 is 5.28. The number of amides is 1. The van der Waals surface area contributed by atoms with Gasteiger partial charge in [-0.25, -0.2) is 0 Å². The van der Waals surface area contributed by atoms with Crippen LogP contribution in [0.4, 0.5) is 0 Å². The molecule has 1 unspecified atom stereocenters. The molecule has 5 heteroatoms. The van der Waals surface area contributed by atoms with Gasteiger partial charge in [0.25, 0.3) is 0 Å². The molecule has 2 fully saturated rings. The van der Waals surface area contributed by atoms with E-state index in [-0.39, 0.29) is 5.91 Å². The Kier molecular flexibility index (Phi) is 4.45. The fraction of sp³-hybridized carbons (Fsp3) is 0.857. The number of likely N-dealkylation sites (tertiary alicyclic amines) is 1. The molecule has 19 heavy (non-hydrogen) atoms. The molecule has 0 bridgehead atoms. The molecule has 108 valence electrons. The topological polar surface area (TPSA) is 66.8 Å². The van der Waals surface area contributed by atoms with Crippen LogP contribution in [0.3, 0.4) is 0 Å². The number of carbonyl (C=O) groups excluding carboxylic acids is 1. The fourth-order valence-electron chi connectivity index (χ4n) is 3.02. The van der Waals surface area contributed by atoms with Gasteiger partial charge in [-0.1, -0.05) is 6.92 Å². The lowest BCUT2D eigenvalue weighted by Gasteiger charge is -2.38. The van der Waals surface area contributed by atoms with E-state index in [1.165, 1.54) is 0 Å². The third kappa shape index (κ3) is 3.08. The standard InChI is InChI=1S/C14H23NO4/c1-2-14(13(17)18)4-6-15(7-5-14)12(16)9-11-3-8-19-10-11/h11H,2-10H2,1H3,(H,17,18). The summed E-state index contributed by atoms with van der Waals surface area (Å²) in [4.78, 5) is 25.3. The van der Waals surface area contributed by atoms with Crippen molar-refractivity contribution in [1.29, 1.82) is 0 Å². The Labute approximate surface area is 113 Å². The lowest BCUT2D eigenvalue weighted by Crippen LogP contribution is -2.46. The molecule has 0 aliphatic carbocycles. The van der Waals surface area contributed by atoms with Crippen molar-refractivity contribution in [3.63, 3.8) is 0 Å². The molecule has 0 aromatic carbocycles. The Morgan fingerprint density at radius 2 is 2.05 bits per heavy atom. The molecule has 1 amide bonds. The molecule has 1 atom stereocenters. The molecular formula is C14H23NO4. The molecular weight excluding hydrogens is 246 g/mol. The number of aliphatic carboxylic acids is 1. The maximum Gasteiger partial charge on any atom is 0.309 e. The van der Waals surface area contributed by atoms with E-state index in [0.29, 0.717) is 51.3 Å². The highest BCUT2D eigenvalue weighted by atomic mass is 16.5. The SMILES string of the molecule is CCC1(C(=O)O)CCN(C(=O)CC2CCOC2)CC1. The minimum Gasteiger partial charge on any atom is -0.481 e. The number of rotatable bonds is 4. The van der Waals surface area contributed by atoms with Gasteiger partial charge < -0.3 is 14.7 Å². The van der Waals surface area contributed by atoms with Crippen molar-refractivity contribution in [2.24, 2.45) is 11.3 Å². The molecule has 1 N–H and O–H groups in total. The molecule has 0 spiro atoms. The number of piperidine rings is 1. The Morgan fingerprint density at radius 1 is 1.37 bits per heavy atom. The summed E-state index contributed by atoms with van der Waals surface area (Å²) in [7, 11) is 0. The molecule has 2 rings (SSSR count). The lowest BCUT2D eigenvalue weighted by atomic mass is 9.76. The maximum absolute atomic E-state index is 12.1. The first kappa shape index (κ1) is 14.3. The maximum atomic E-state index is 12.1. The van der Waals surface area contributed by atoms with Gasteiger partial charge in [0.1, 0.15) is 0 Å². The van der Waals surface area contributed by atoms with Gasteiger partial charge >= 0.3 is 5.97 Å². The number of hydrogen-bond acceptors (Lipinski definition) is 3. The molecule has 2 saturated heterocycles. The minimum atomic E-state index is -0.716. The van der Waals surface area contributed by atoms with Crippen LogP contribution >= 0.6 is 0 Å². The van der Waals surface area contributed by atoms with Crippen LogP contribution in [0.1, 0.15) is 39.0 Å². The molecule has 2 aliphatic heterocycles. The second-order valence-electron chi connectivity index (χ2n) is 5.75. The minimum absolute atomic E-state index is 0.158. The smallest absolute Gasteiger partial charge is 0.309 e. The molecule has 0 aromatic heterocycles. The third-order valence-electron chi connectivity index (χ3n) is 4.69. The number of carboxylic acids is 1. The first-order valence-electron chi connectivity index (χ1n) is 7.16. The molecule has 0 saturated carbocycles. The van der Waals surface area contributed by atoms with Crippen molar-refractivity contribution < 1.29 is 19.4 Å². The van der Waals surface area contributed by atoms with E-state index < -0.39 is 11.4 Å². The third-order valence-corrected chi connectivity index (χ3v) is 4.69. The highest BCUT2D eigenvalue weighted by molar-refractivity contribution is 5.78. The van der Waals surface area contributed by atoms with Gasteiger partial charge in [-0.2, -0.15) is 0 Å². The molecule has 5 nitrogen and oxygen atoms in total. The van der Waals surface area contributed by atoms with Crippen LogP contribution in [-0.4, -0.2) is 48.2 Å². The number of carbonyl (C=O) groups is 2. The zero-order chi connectivity index (χ0) is 13.9. The number of nitrogens with zero attached hydrogens (tertiary/aromatic N) is 1. The number of ether oxygens (including phenoxy) is 1. The van der Waals surface area contributed by atoms with E-state index in [4.69, 9.17) is 4.74 Å². The van der Waals surface area contributed by atoms with Gasteiger partial charge in [-0.15, -0.1) is 0 Å². The first-order chi connectivity index (χ1) is 9.07. The molecule has 0 radical (unpaired) electrons. The van der Waals surface area contributed by atoms with Gasteiger partial charge in [0.15, 0.2) is 0 Å². The van der Waals surface area contributed by atoms with Gasteiger partial charge in [0.2, 0.25) is 5.91 Å². The van der Waals surface area contributed by atoms with Crippen LogP contribution in [0.2, 0.25) is 0 Å². The largest absolute Gasteiger partial charge is 0.481 e. The predicted molar refractivity (Wildman–Crippen MR) is 69.7 cm³/mol. The molecule has 0 aromatic rings. The molecule has 2 aliphatic rings. The Morgan fingerprint density at radius 3 is 2.53 bits per heavy atom. The summed E-state index contributed by atoms with van der Waals surface area (Å²) >= 11 is 0. The zero-order valence-corrected chi connectivity index (χ0v) is 11.6. The quantitative estimate of drug-likeness (QED) is 0.840. The van der Waals surface area contributed by atoms with Crippen molar-refractivity contribution in [3.05, 3.63) is 0 Å². The van der Waals surface area contributed by atoms with E-state index in [9.17, 15) is 14.7 Å². The van der Waals surface area contributed by atoms with E-state index in [1.807, 2.05) is 11.8 Å². The predicted octanol–water partition coefficient (Wildman–Crippen LogP) is 1.52. The second kappa shape index (κ2) is 5.90. The number of carboxylic acid groups (broad SMARTS) is 1. The summed E-state index contributed by atoms with van der Waals surface area (Å²) in [6.07, 6.45) is 3.30. The van der Waals surface area contributed by atoms with E-state index >= 15 is 0 Å². The van der Waals surface area contributed by atoms with Gasteiger partial charge in [0, 0.05) is 32.7 Å². The van der Waals surface area contributed by atoms with Gasteiger partial charge in [-0.3, -0.25) is 9.59 Å². The Balaban J connectivity index is 1.85. The monoisotopic (exact) mass is 269 g/mol. The Hall–Kier alpha value is -1.10. The first-order valence-corrected chi connectivity index (χ1v) is 7.16. The van der Waals surface area contributed by atoms with Gasteiger partial charge in [0.05, 0.1) is 5.41 Å². The van der Waals surface area contributed by atoms with E-state index in [0.717, 1.165) is 13.0 Å². The highest BCUT2D eigenvalue weighted by Crippen LogP contribution is 2.35. The van der Waals surface area contributed by atoms with Crippen molar-refractivity contribution in [2.75, 3.05) is 26.3 Å². The summed E-state index contributed by atoms with van der Waals surface area (Å²) in [6.45, 7) is 4.52. The summed E-state index contributed by atoms with van der Waals surface area (Å²) in [5, 5.41) is 9.32. The normalized spacial score (nSPS) is 26.4. The summed E-state index contributed by atoms with van der Waals surface area (Å²) in [5.74, 6) is -0.207. The summed E-state index contributed by atoms with van der Waals surface area (Å²) in [5.41, 5.74) is -0.618. The highest BCUT2D eigenvalue weighted by Gasteiger charge is 2.40. The Bertz CT molecular complexity index is 341.